The lowest BCUT2D eigenvalue weighted by atomic mass is 9.36. The molecular weight excluding hydrogens is 854 g/mol. The second-order valence-electron chi connectivity index (χ2n) is 21.6. The summed E-state index contributed by atoms with van der Waals surface area (Å²) >= 11 is 2.09. The molecule has 3 heterocycles. The van der Waals surface area contributed by atoms with Crippen LogP contribution in [0.15, 0.2) is 200 Å². The minimum atomic E-state index is -0.0352. The number of rotatable bonds is 7. The fraction of sp³-hybridized carbons (Fsp3) is 0.188. The number of hydrogen-bond acceptors (Lipinski definition) is 4. The maximum atomic E-state index is 2.69. The van der Waals surface area contributed by atoms with Crippen molar-refractivity contribution in [3.8, 4) is 22.3 Å². The number of fused-ring (bicyclic) bond motifs is 6. The van der Waals surface area contributed by atoms with Gasteiger partial charge >= 0.3 is 0 Å². The van der Waals surface area contributed by atoms with E-state index in [2.05, 4.69) is 275 Å². The lowest BCUT2D eigenvalue weighted by Gasteiger charge is -2.46. The summed E-state index contributed by atoms with van der Waals surface area (Å²) < 4.78 is 1.44. The van der Waals surface area contributed by atoms with Gasteiger partial charge in [-0.15, -0.1) is 0 Å². The number of anilines is 9. The third-order valence-corrected chi connectivity index (χ3v) is 16.8. The van der Waals surface area contributed by atoms with Gasteiger partial charge in [-0.2, -0.15) is 11.3 Å². The minimum absolute atomic E-state index is 0.00764. The third-order valence-electron chi connectivity index (χ3n) is 15.2. The Morgan fingerprint density at radius 3 is 1.54 bits per heavy atom. The van der Waals surface area contributed by atoms with Crippen LogP contribution in [0.2, 0.25) is 0 Å². The fourth-order valence-electron chi connectivity index (χ4n) is 11.4. The van der Waals surface area contributed by atoms with Crippen LogP contribution in [-0.4, -0.2) is 6.71 Å². The van der Waals surface area contributed by atoms with Crippen LogP contribution in [0, 0.1) is 0 Å². The maximum Gasteiger partial charge on any atom is 0.264 e. The zero-order valence-electron chi connectivity index (χ0n) is 40.8. The van der Waals surface area contributed by atoms with Crippen LogP contribution >= 0.6 is 11.3 Å². The first-order chi connectivity index (χ1) is 33.4. The molecule has 0 unspecified atom stereocenters. The van der Waals surface area contributed by atoms with E-state index in [4.69, 9.17) is 0 Å². The largest absolute Gasteiger partial charge is 0.311 e. The van der Waals surface area contributed by atoms with Crippen molar-refractivity contribution in [2.75, 3.05) is 14.7 Å². The predicted molar refractivity (Wildman–Crippen MR) is 298 cm³/mol. The van der Waals surface area contributed by atoms with Gasteiger partial charge in [0.15, 0.2) is 0 Å². The summed E-state index contributed by atoms with van der Waals surface area (Å²) in [5.41, 5.74) is 21.1. The van der Waals surface area contributed by atoms with Crippen LogP contribution < -0.4 is 30.4 Å². The molecule has 1 aliphatic carbocycles. The Morgan fingerprint density at radius 2 is 0.957 bits per heavy atom. The maximum absolute atomic E-state index is 2.69. The molecule has 9 aromatic rings. The van der Waals surface area contributed by atoms with Crippen LogP contribution in [0.3, 0.4) is 0 Å². The summed E-state index contributed by atoms with van der Waals surface area (Å²) in [4.78, 5) is 9.24. The molecule has 5 heteroatoms. The van der Waals surface area contributed by atoms with Crippen LogP contribution in [0.25, 0.3) is 22.3 Å². The number of nitrogens with zero attached hydrogens (tertiary/aromatic N) is 3. The van der Waals surface area contributed by atoms with Gasteiger partial charge in [0.2, 0.25) is 0 Å². The van der Waals surface area contributed by atoms with Gasteiger partial charge in [-0.1, -0.05) is 182 Å². The second-order valence-corrected chi connectivity index (χ2v) is 22.7. The van der Waals surface area contributed by atoms with E-state index in [0.29, 0.717) is 0 Å². The van der Waals surface area contributed by atoms with E-state index in [1.807, 2.05) is 0 Å². The number of hydrogen-bond donors (Lipinski definition) is 0. The van der Waals surface area contributed by atoms with Crippen molar-refractivity contribution < 1.29 is 0 Å². The van der Waals surface area contributed by atoms with Crippen molar-refractivity contribution in [2.24, 2.45) is 0 Å². The zero-order chi connectivity index (χ0) is 47.2. The Hall–Kier alpha value is -7.08. The first-order valence-corrected chi connectivity index (χ1v) is 25.5. The van der Waals surface area contributed by atoms with E-state index in [0.717, 1.165) is 35.6 Å². The number of thiophene rings is 1. The summed E-state index contributed by atoms with van der Waals surface area (Å²) in [7, 11) is 0. The molecule has 3 nitrogen and oxygen atoms in total. The normalized spacial score (nSPS) is 15.2. The minimum Gasteiger partial charge on any atom is -0.311 e. The van der Waals surface area contributed by atoms with Crippen LogP contribution in [0.5, 0.6) is 0 Å². The van der Waals surface area contributed by atoms with Gasteiger partial charge < -0.3 is 14.7 Å². The molecule has 0 atom stereocenters. The molecule has 69 heavy (non-hydrogen) atoms. The topological polar surface area (TPSA) is 9.72 Å². The Balaban J connectivity index is 1.21. The molecule has 0 bridgehead atoms. The van der Waals surface area contributed by atoms with Crippen LogP contribution in [0.4, 0.5) is 51.2 Å². The molecular formula is C64H58BN3S. The van der Waals surface area contributed by atoms with E-state index in [1.54, 1.807) is 0 Å². The number of para-hydroxylation sites is 2. The molecule has 2 aliphatic heterocycles. The van der Waals surface area contributed by atoms with Gasteiger partial charge in [-0.25, -0.2) is 0 Å². The fourth-order valence-corrected chi connectivity index (χ4v) is 13.1. The monoisotopic (exact) mass is 911 g/mol. The van der Waals surface area contributed by atoms with Gasteiger partial charge in [0.1, 0.15) is 0 Å². The van der Waals surface area contributed by atoms with E-state index in [-0.39, 0.29) is 23.0 Å². The van der Waals surface area contributed by atoms with E-state index < -0.39 is 0 Å². The highest BCUT2D eigenvalue weighted by Crippen LogP contribution is 2.57. The smallest absolute Gasteiger partial charge is 0.264 e. The van der Waals surface area contributed by atoms with Crippen molar-refractivity contribution in [1.29, 1.82) is 0 Å². The molecule has 0 saturated carbocycles. The van der Waals surface area contributed by atoms with Gasteiger partial charge in [-0.3, -0.25) is 0 Å². The lowest BCUT2D eigenvalue weighted by Crippen LogP contribution is -2.60. The SMILES string of the molecule is CC(C)(C)c1ccc(N2c3cc(N(c4ccccc4)c4ccccc4)cc4c3B(c3cc(-c5ccccc5)ccc3N4c3ccc(-c4ccccc4)cc3)c3sc4c(c32)C(C)(C)CCC4(C)C)cc1. The molecule has 0 amide bonds. The summed E-state index contributed by atoms with van der Waals surface area (Å²) in [6, 6.07) is 74.5. The molecule has 12 rings (SSSR count). The van der Waals surface area contributed by atoms with Gasteiger partial charge in [0, 0.05) is 49.5 Å². The van der Waals surface area contributed by atoms with Crippen molar-refractivity contribution in [3.63, 3.8) is 0 Å². The molecule has 3 aliphatic rings. The van der Waals surface area contributed by atoms with Gasteiger partial charge in [0.25, 0.3) is 6.71 Å². The highest BCUT2D eigenvalue weighted by atomic mass is 32.1. The first kappa shape index (κ1) is 43.2. The Bertz CT molecular complexity index is 3310. The average molecular weight is 912 g/mol. The molecule has 338 valence electrons. The molecule has 1 aromatic heterocycles. The molecule has 0 radical (unpaired) electrons. The van der Waals surface area contributed by atoms with E-state index in [9.17, 15) is 0 Å². The third kappa shape index (κ3) is 7.24. The van der Waals surface area contributed by atoms with Crippen molar-refractivity contribution in [3.05, 3.63) is 216 Å². The second kappa shape index (κ2) is 16.3. The summed E-state index contributed by atoms with van der Waals surface area (Å²) in [5, 5.41) is 0. The molecule has 0 spiro atoms. The Labute approximate surface area is 413 Å². The zero-order valence-corrected chi connectivity index (χ0v) is 41.6. The van der Waals surface area contributed by atoms with Crippen molar-refractivity contribution in [2.45, 2.75) is 77.6 Å². The van der Waals surface area contributed by atoms with Crippen molar-refractivity contribution >= 4 is 84.9 Å². The molecule has 0 saturated heterocycles. The standard InChI is InChI=1S/C64H58BN3S/c1-62(2,3)47-31-35-51(36-32-47)68-56-42-52(66(48-24-16-10-17-25-48)49-26-18-11-19-27-49)41-55-58(56)65(61-59(68)57-60(69-61)64(6,7)39-38-63(57,4)5)53-40-46(44-22-14-9-15-23-44)30-37-54(53)67(55)50-33-28-45(29-34-50)43-20-12-8-13-21-43/h8-37,40-42H,38-39H2,1-7H3. The summed E-state index contributed by atoms with van der Waals surface area (Å²) in [6.07, 6.45) is 2.29. The van der Waals surface area contributed by atoms with E-state index >= 15 is 0 Å². The first-order valence-electron chi connectivity index (χ1n) is 24.7. The van der Waals surface area contributed by atoms with E-state index in [1.165, 1.54) is 82.4 Å². The highest BCUT2D eigenvalue weighted by Gasteiger charge is 2.51. The quantitative estimate of drug-likeness (QED) is 0.148. The number of benzene rings is 8. The molecule has 0 N–H and O–H groups in total. The Morgan fingerprint density at radius 1 is 0.478 bits per heavy atom. The highest BCUT2D eigenvalue weighted by molar-refractivity contribution is 7.29. The van der Waals surface area contributed by atoms with Gasteiger partial charge in [-0.05, 0) is 140 Å². The van der Waals surface area contributed by atoms with Gasteiger partial charge in [0.05, 0.1) is 11.4 Å². The van der Waals surface area contributed by atoms with Crippen LogP contribution in [0.1, 0.15) is 77.3 Å². The molecule has 0 fully saturated rings. The summed E-state index contributed by atoms with van der Waals surface area (Å²) in [5.74, 6) is 0. The Kier molecular flexibility index (Phi) is 10.2. The average Bonchev–Trinajstić information content (AvgIpc) is 3.80. The molecule has 8 aromatic carbocycles. The van der Waals surface area contributed by atoms with Crippen molar-refractivity contribution in [1.82, 2.24) is 0 Å². The predicted octanol–water partition coefficient (Wildman–Crippen LogP) is 16.3. The lowest BCUT2D eigenvalue weighted by molar-refractivity contribution is 0.339. The summed E-state index contributed by atoms with van der Waals surface area (Å²) in [6.45, 7) is 16.9. The van der Waals surface area contributed by atoms with Crippen LogP contribution in [-0.2, 0) is 16.2 Å².